The zero-order valence-electron chi connectivity index (χ0n) is 6.46. The first kappa shape index (κ1) is 12.1. The Morgan fingerprint density at radius 2 is 2.20 bits per heavy atom. The SMILES string of the molecule is CCC(=O)OCC(C)O.N. The van der Waals surface area contributed by atoms with Crippen molar-refractivity contribution in [3.05, 3.63) is 0 Å². The highest BCUT2D eigenvalue weighted by atomic mass is 16.5. The molecule has 0 aliphatic heterocycles. The van der Waals surface area contributed by atoms with Crippen molar-refractivity contribution in [1.82, 2.24) is 6.15 Å². The van der Waals surface area contributed by atoms with Crippen LogP contribution in [0.2, 0.25) is 0 Å². The fourth-order valence-corrected chi connectivity index (χ4v) is 0.316. The molecule has 4 nitrogen and oxygen atoms in total. The van der Waals surface area contributed by atoms with E-state index in [1.165, 1.54) is 0 Å². The lowest BCUT2D eigenvalue weighted by molar-refractivity contribution is -0.145. The van der Waals surface area contributed by atoms with Crippen molar-refractivity contribution in [3.63, 3.8) is 0 Å². The van der Waals surface area contributed by atoms with Crippen LogP contribution in [0.1, 0.15) is 20.3 Å². The summed E-state index contributed by atoms with van der Waals surface area (Å²) in [6, 6.07) is 0. The molecule has 1 atom stereocenters. The molecule has 0 saturated heterocycles. The number of aliphatic hydroxyl groups is 1. The third-order valence-corrected chi connectivity index (χ3v) is 0.774. The highest BCUT2D eigenvalue weighted by Crippen LogP contribution is 1.86. The van der Waals surface area contributed by atoms with Crippen molar-refractivity contribution in [2.75, 3.05) is 6.61 Å². The maximum absolute atomic E-state index is 10.4. The van der Waals surface area contributed by atoms with Gasteiger partial charge < -0.3 is 16.0 Å². The van der Waals surface area contributed by atoms with Gasteiger partial charge in [-0.3, -0.25) is 4.79 Å². The summed E-state index contributed by atoms with van der Waals surface area (Å²) in [5.74, 6) is -0.268. The van der Waals surface area contributed by atoms with Crippen molar-refractivity contribution in [3.8, 4) is 0 Å². The first-order chi connectivity index (χ1) is 4.16. The molecule has 0 radical (unpaired) electrons. The minimum Gasteiger partial charge on any atom is -0.463 e. The smallest absolute Gasteiger partial charge is 0.305 e. The quantitative estimate of drug-likeness (QED) is 0.572. The van der Waals surface area contributed by atoms with E-state index in [0.29, 0.717) is 6.42 Å². The van der Waals surface area contributed by atoms with Crippen LogP contribution in [-0.4, -0.2) is 23.8 Å². The van der Waals surface area contributed by atoms with Crippen LogP contribution in [0, 0.1) is 0 Å². The van der Waals surface area contributed by atoms with Gasteiger partial charge in [0.2, 0.25) is 0 Å². The lowest BCUT2D eigenvalue weighted by Crippen LogP contribution is -2.14. The topological polar surface area (TPSA) is 81.5 Å². The summed E-state index contributed by atoms with van der Waals surface area (Å²) in [6.45, 7) is 3.39. The standard InChI is InChI=1S/C6H12O3.H3N/c1-3-6(8)9-4-5(2)7;/h5,7H,3-4H2,1-2H3;1H3. The van der Waals surface area contributed by atoms with Crippen LogP contribution in [-0.2, 0) is 9.53 Å². The van der Waals surface area contributed by atoms with Gasteiger partial charge in [0.1, 0.15) is 6.61 Å². The molecule has 0 aliphatic carbocycles. The predicted molar refractivity (Wildman–Crippen MR) is 38.0 cm³/mol. The second-order valence-electron chi connectivity index (χ2n) is 1.89. The normalized spacial score (nSPS) is 11.5. The van der Waals surface area contributed by atoms with Gasteiger partial charge in [0.05, 0.1) is 6.10 Å². The molecule has 0 aliphatic rings. The molecule has 4 heteroatoms. The van der Waals surface area contributed by atoms with Gasteiger partial charge in [-0.05, 0) is 6.92 Å². The van der Waals surface area contributed by atoms with Gasteiger partial charge >= 0.3 is 5.97 Å². The van der Waals surface area contributed by atoms with E-state index in [0.717, 1.165) is 0 Å². The fourth-order valence-electron chi connectivity index (χ4n) is 0.316. The number of carbonyl (C=O) groups is 1. The van der Waals surface area contributed by atoms with Crippen molar-refractivity contribution >= 4 is 5.97 Å². The van der Waals surface area contributed by atoms with Crippen LogP contribution >= 0.6 is 0 Å². The molecule has 0 spiro atoms. The number of hydrogen-bond acceptors (Lipinski definition) is 4. The molecule has 0 amide bonds. The molecule has 0 aromatic rings. The third kappa shape index (κ3) is 7.39. The molecule has 10 heavy (non-hydrogen) atoms. The molecular formula is C6H15NO3. The highest BCUT2D eigenvalue weighted by Gasteiger charge is 1.99. The molecule has 0 saturated carbocycles. The van der Waals surface area contributed by atoms with Gasteiger partial charge in [-0.25, -0.2) is 0 Å². The van der Waals surface area contributed by atoms with E-state index in [1.807, 2.05) is 0 Å². The minimum absolute atomic E-state index is 0. The average molecular weight is 149 g/mol. The number of esters is 1. The number of ether oxygens (including phenoxy) is 1. The molecule has 4 N–H and O–H groups in total. The van der Waals surface area contributed by atoms with Gasteiger partial charge in [0.15, 0.2) is 0 Å². The monoisotopic (exact) mass is 149 g/mol. The van der Waals surface area contributed by atoms with Crippen molar-refractivity contribution < 1.29 is 14.6 Å². The fraction of sp³-hybridized carbons (Fsp3) is 0.833. The van der Waals surface area contributed by atoms with E-state index in [-0.39, 0.29) is 18.7 Å². The molecule has 0 heterocycles. The van der Waals surface area contributed by atoms with Gasteiger partial charge in [-0.1, -0.05) is 6.92 Å². The van der Waals surface area contributed by atoms with Crippen molar-refractivity contribution in [2.24, 2.45) is 0 Å². The van der Waals surface area contributed by atoms with E-state index >= 15 is 0 Å². The van der Waals surface area contributed by atoms with E-state index < -0.39 is 6.10 Å². The lowest BCUT2D eigenvalue weighted by Gasteiger charge is -2.03. The summed E-state index contributed by atoms with van der Waals surface area (Å²) in [5, 5.41) is 8.62. The Balaban J connectivity index is 0. The molecular weight excluding hydrogens is 134 g/mol. The van der Waals surface area contributed by atoms with Crippen LogP contribution in [0.4, 0.5) is 0 Å². The number of rotatable bonds is 3. The van der Waals surface area contributed by atoms with Gasteiger partial charge in [-0.15, -0.1) is 0 Å². The summed E-state index contributed by atoms with van der Waals surface area (Å²) < 4.78 is 4.56. The molecule has 0 bridgehead atoms. The molecule has 1 unspecified atom stereocenters. The zero-order chi connectivity index (χ0) is 7.28. The van der Waals surface area contributed by atoms with E-state index in [1.54, 1.807) is 13.8 Å². The maximum atomic E-state index is 10.4. The van der Waals surface area contributed by atoms with Crippen molar-refractivity contribution in [1.29, 1.82) is 0 Å². The zero-order valence-corrected chi connectivity index (χ0v) is 6.46. The number of hydrogen-bond donors (Lipinski definition) is 2. The Kier molecular flexibility index (Phi) is 7.88. The van der Waals surface area contributed by atoms with Crippen LogP contribution in [0.25, 0.3) is 0 Å². The van der Waals surface area contributed by atoms with Gasteiger partial charge in [-0.2, -0.15) is 0 Å². The van der Waals surface area contributed by atoms with E-state index in [2.05, 4.69) is 4.74 Å². The second kappa shape index (κ2) is 6.51. The molecule has 0 aromatic carbocycles. The summed E-state index contributed by atoms with van der Waals surface area (Å²) in [4.78, 5) is 10.4. The second-order valence-corrected chi connectivity index (χ2v) is 1.89. The minimum atomic E-state index is -0.555. The highest BCUT2D eigenvalue weighted by molar-refractivity contribution is 5.68. The Hall–Kier alpha value is -0.610. The van der Waals surface area contributed by atoms with Crippen LogP contribution < -0.4 is 6.15 Å². The summed E-state index contributed by atoms with van der Waals surface area (Å²) >= 11 is 0. The predicted octanol–water partition coefficient (Wildman–Crippen LogP) is 0.482. The van der Waals surface area contributed by atoms with E-state index in [4.69, 9.17) is 5.11 Å². The van der Waals surface area contributed by atoms with Crippen molar-refractivity contribution in [2.45, 2.75) is 26.4 Å². The van der Waals surface area contributed by atoms with Crippen LogP contribution in [0.15, 0.2) is 0 Å². The summed E-state index contributed by atoms with van der Waals surface area (Å²) in [5.41, 5.74) is 0. The maximum Gasteiger partial charge on any atom is 0.305 e. The number of aliphatic hydroxyl groups excluding tert-OH is 1. The number of carbonyl (C=O) groups excluding carboxylic acids is 1. The van der Waals surface area contributed by atoms with E-state index in [9.17, 15) is 4.79 Å². The molecule has 0 fully saturated rings. The Bertz CT molecular complexity index is 93.0. The average Bonchev–Trinajstić information content (AvgIpc) is 1.83. The Morgan fingerprint density at radius 1 is 1.70 bits per heavy atom. The first-order valence-corrected chi connectivity index (χ1v) is 3.00. The largest absolute Gasteiger partial charge is 0.463 e. The summed E-state index contributed by atoms with van der Waals surface area (Å²) in [7, 11) is 0. The molecule has 0 aromatic heterocycles. The van der Waals surface area contributed by atoms with Gasteiger partial charge in [0.25, 0.3) is 0 Å². The Labute approximate surface area is 60.8 Å². The molecule has 0 rings (SSSR count). The van der Waals surface area contributed by atoms with Gasteiger partial charge in [0, 0.05) is 6.42 Å². The van der Waals surface area contributed by atoms with Crippen LogP contribution in [0.3, 0.4) is 0 Å². The lowest BCUT2D eigenvalue weighted by atomic mass is 10.4. The third-order valence-electron chi connectivity index (χ3n) is 0.774. The summed E-state index contributed by atoms with van der Waals surface area (Å²) in [6.07, 6.45) is -0.187. The first-order valence-electron chi connectivity index (χ1n) is 3.00. The molecule has 62 valence electrons. The van der Waals surface area contributed by atoms with Crippen LogP contribution in [0.5, 0.6) is 0 Å². The Morgan fingerprint density at radius 3 is 2.50 bits per heavy atom.